The van der Waals surface area contributed by atoms with Crippen molar-refractivity contribution in [2.75, 3.05) is 0 Å². The van der Waals surface area contributed by atoms with Crippen LogP contribution in [0.15, 0.2) is 467 Å². The van der Waals surface area contributed by atoms with E-state index >= 15 is 0 Å². The molecule has 138 heavy (non-hydrogen) atoms. The monoisotopic (exact) mass is 1810 g/mol. The maximum absolute atomic E-state index is 5.49. The Bertz CT molecular complexity index is 9880. The number of aromatic nitrogens is 9. The Labute approximate surface area is 804 Å². The van der Waals surface area contributed by atoms with E-state index in [0.29, 0.717) is 5.82 Å². The molecule has 0 bridgehead atoms. The molecule has 0 aliphatic carbocycles. The molecule has 0 saturated carbocycles. The molecule has 0 amide bonds. The van der Waals surface area contributed by atoms with Gasteiger partial charge in [0.25, 0.3) is 0 Å². The first kappa shape index (κ1) is 80.2. The van der Waals surface area contributed by atoms with E-state index in [9.17, 15) is 0 Å². The molecule has 9 aromatic heterocycles. The predicted octanol–water partition coefficient (Wildman–Crippen LogP) is 34.6. The molecular weight excluding hydrogens is 1740 g/mol. The zero-order valence-corrected chi connectivity index (χ0v) is 76.7. The van der Waals surface area contributed by atoms with Crippen molar-refractivity contribution in [2.24, 2.45) is 0 Å². The molecule has 0 aliphatic heterocycles. The Morgan fingerprint density at radius 1 is 0.159 bits per heavy atom. The molecule has 0 aliphatic rings. The van der Waals surface area contributed by atoms with Gasteiger partial charge in [0.15, 0.2) is 23.3 Å². The van der Waals surface area contributed by atoms with E-state index in [1.54, 1.807) is 0 Å². The lowest BCUT2D eigenvalue weighted by atomic mass is 9.98. The van der Waals surface area contributed by atoms with Crippen LogP contribution in [0.3, 0.4) is 0 Å². The molecule has 644 valence electrons. The predicted molar refractivity (Wildman–Crippen MR) is 584 cm³/mol. The van der Waals surface area contributed by atoms with E-state index in [1.165, 1.54) is 132 Å². The maximum atomic E-state index is 5.49. The van der Waals surface area contributed by atoms with Crippen LogP contribution in [0.25, 0.3) is 266 Å². The van der Waals surface area contributed by atoms with Crippen molar-refractivity contribution >= 4 is 193 Å². The third-order valence-corrected chi connectivity index (χ3v) is 30.6. The minimum atomic E-state index is 0.709. The Hall–Kier alpha value is -17.5. The lowest BCUT2D eigenvalue weighted by Gasteiger charge is -2.14. The van der Waals surface area contributed by atoms with Crippen molar-refractivity contribution in [2.45, 2.75) is 0 Å². The summed E-state index contributed by atoms with van der Waals surface area (Å²) in [7, 11) is 0. The largest absolute Gasteiger partial charge is 0.309 e. The highest BCUT2D eigenvalue weighted by Crippen LogP contribution is 2.49. The van der Waals surface area contributed by atoms with E-state index < -0.39 is 0 Å². The van der Waals surface area contributed by atoms with Gasteiger partial charge in [0.2, 0.25) is 0 Å². The Morgan fingerprint density at radius 2 is 0.442 bits per heavy atom. The average molecular weight is 1810 g/mol. The number of nitrogens with zero attached hydrogens (tertiary/aromatic N) is 9. The third kappa shape index (κ3) is 13.6. The van der Waals surface area contributed by atoms with Crippen LogP contribution in [-0.2, 0) is 0 Å². The summed E-state index contributed by atoms with van der Waals surface area (Å²) in [4.78, 5) is 31.9. The number of para-hydroxylation sites is 6. The van der Waals surface area contributed by atoms with Crippen molar-refractivity contribution in [1.29, 1.82) is 0 Å². The second kappa shape index (κ2) is 33.3. The molecule has 0 radical (unpaired) electrons. The molecule has 9 nitrogen and oxygen atoms in total. The maximum Gasteiger partial charge on any atom is 0.162 e. The van der Waals surface area contributed by atoms with Crippen LogP contribution in [0.5, 0.6) is 0 Å². The molecule has 12 heteroatoms. The standard InChI is InChI=1S/2C44H27N3S.C38H23N3S/c1-3-12-28(13-4-1)29-14-11-15-31(26-29)44-45-37-24-23-35-34-19-8-10-21-40(34)48-43(35)41(37)42(46-44)30-22-25-39-36(27-30)33-18-7-9-20-38(33)47(39)32-16-5-2-6-17-32;1-2-12-28(13-3-1)29-14-10-15-30(26-29)31-16-11-17-32(27-31)43-45-37-25-24-36-35-20-6-9-23-40(35)48-42(36)41(37)44(46-43)47-38-21-7-4-18-33(38)34-19-5-8-22-39(34)47;1-3-11-24(12-4-1)36-35-31(21-20-29-28-16-8-10-18-34(28)42-37(29)35)39-38(40-36)25-19-22-33-30(23-25)27-15-7-9-17-32(27)41(33)26-13-5-2-6-14-26/h2*1-27H;1-23H. The third-order valence-electron chi connectivity index (χ3n) is 27.0. The molecule has 0 saturated heterocycles. The molecule has 0 fully saturated rings. The number of benzene rings is 20. The van der Waals surface area contributed by atoms with Gasteiger partial charge in [0.05, 0.1) is 66.4 Å². The van der Waals surface area contributed by atoms with Gasteiger partial charge in [0.1, 0.15) is 0 Å². The summed E-state index contributed by atoms with van der Waals surface area (Å²) < 4.78 is 14.5. The number of hydrogen-bond donors (Lipinski definition) is 0. The van der Waals surface area contributed by atoms with Gasteiger partial charge in [-0.15, -0.1) is 34.0 Å². The average Bonchev–Trinajstić information content (AvgIpc) is 1.56. The summed E-state index contributed by atoms with van der Waals surface area (Å²) in [5, 5.41) is 18.1. The number of fused-ring (bicyclic) bond motifs is 24. The first-order valence-corrected chi connectivity index (χ1v) is 48.9. The highest BCUT2D eigenvalue weighted by Gasteiger charge is 2.26. The van der Waals surface area contributed by atoms with Crippen LogP contribution in [-0.4, -0.2) is 43.6 Å². The minimum absolute atomic E-state index is 0.709. The Balaban J connectivity index is 0.000000105. The minimum Gasteiger partial charge on any atom is -0.309 e. The van der Waals surface area contributed by atoms with Gasteiger partial charge in [-0.1, -0.05) is 334 Å². The van der Waals surface area contributed by atoms with E-state index in [-0.39, 0.29) is 0 Å². The van der Waals surface area contributed by atoms with E-state index in [1.807, 2.05) is 34.0 Å². The summed E-state index contributed by atoms with van der Waals surface area (Å²) >= 11 is 5.47. The van der Waals surface area contributed by atoms with Crippen LogP contribution in [0.2, 0.25) is 0 Å². The molecular formula is C126H77N9S3. The number of rotatable bonds is 11. The molecule has 29 rings (SSSR count). The van der Waals surface area contributed by atoms with Gasteiger partial charge in [0, 0.05) is 143 Å². The SMILES string of the molecule is c1ccc(-c2cccc(-c3cccc(-c4nc(-n5c6ccccc6c6ccccc65)c5c(ccc6c7ccccc7sc65)n4)c3)c2)cc1.c1ccc(-c2cccc(-c3nc(-c4ccc5c(c4)c4ccccc4n5-c4ccccc4)c4c(ccc5c6ccccc6sc54)n3)c2)cc1.c1ccc(-c2nc(-c3ccc4c(c3)c3ccccc3n4-c3ccccc3)nc3ccc4c5ccccc5sc4c23)cc1. The van der Waals surface area contributed by atoms with E-state index in [0.717, 1.165) is 128 Å². The Morgan fingerprint density at radius 3 is 0.870 bits per heavy atom. The second-order valence-electron chi connectivity index (χ2n) is 35.0. The van der Waals surface area contributed by atoms with E-state index in [4.69, 9.17) is 29.9 Å². The summed E-state index contributed by atoms with van der Waals surface area (Å²) in [6.45, 7) is 0. The van der Waals surface area contributed by atoms with E-state index in [2.05, 4.69) is 481 Å². The van der Waals surface area contributed by atoms with Crippen LogP contribution >= 0.6 is 34.0 Å². The molecule has 0 atom stereocenters. The summed E-state index contributed by atoms with van der Waals surface area (Å²) in [5.41, 5.74) is 26.2. The quantitative estimate of drug-likeness (QED) is 0.128. The molecule has 0 spiro atoms. The fourth-order valence-corrected chi connectivity index (χ4v) is 24.4. The van der Waals surface area contributed by atoms with Crippen molar-refractivity contribution in [3.8, 4) is 107 Å². The van der Waals surface area contributed by atoms with Crippen molar-refractivity contribution < 1.29 is 0 Å². The van der Waals surface area contributed by atoms with Gasteiger partial charge >= 0.3 is 0 Å². The number of hydrogen-bond acceptors (Lipinski definition) is 9. The van der Waals surface area contributed by atoms with Crippen LogP contribution < -0.4 is 0 Å². The van der Waals surface area contributed by atoms with Crippen LogP contribution in [0.1, 0.15) is 0 Å². The molecule has 0 unspecified atom stereocenters. The zero-order valence-electron chi connectivity index (χ0n) is 74.2. The molecule has 20 aromatic carbocycles. The van der Waals surface area contributed by atoms with Crippen molar-refractivity contribution in [3.63, 3.8) is 0 Å². The molecule has 29 aromatic rings. The highest BCUT2D eigenvalue weighted by atomic mass is 32.1. The zero-order chi connectivity index (χ0) is 90.8. The smallest absolute Gasteiger partial charge is 0.162 e. The summed E-state index contributed by atoms with van der Waals surface area (Å²) in [6.07, 6.45) is 0. The fraction of sp³-hybridized carbons (Fsp3) is 0. The van der Waals surface area contributed by atoms with Crippen molar-refractivity contribution in [1.82, 2.24) is 43.6 Å². The topological polar surface area (TPSA) is 92.1 Å². The van der Waals surface area contributed by atoms with Crippen molar-refractivity contribution in [3.05, 3.63) is 467 Å². The number of thiophene rings is 3. The lowest BCUT2D eigenvalue weighted by molar-refractivity contribution is 1.08. The fourth-order valence-electron chi connectivity index (χ4n) is 20.7. The van der Waals surface area contributed by atoms with Gasteiger partial charge in [-0.05, 0) is 167 Å². The summed E-state index contributed by atoms with van der Waals surface area (Å²) in [5.74, 6) is 3.07. The van der Waals surface area contributed by atoms with Crippen LogP contribution in [0.4, 0.5) is 0 Å². The second-order valence-corrected chi connectivity index (χ2v) is 38.2. The highest BCUT2D eigenvalue weighted by molar-refractivity contribution is 7.27. The van der Waals surface area contributed by atoms with Gasteiger partial charge in [-0.3, -0.25) is 4.57 Å². The first-order chi connectivity index (χ1) is 68.4. The molecule has 0 N–H and O–H groups in total. The lowest BCUT2D eigenvalue weighted by Crippen LogP contribution is -2.03. The first-order valence-electron chi connectivity index (χ1n) is 46.4. The van der Waals surface area contributed by atoms with Crippen LogP contribution in [0, 0.1) is 0 Å². The van der Waals surface area contributed by atoms with Gasteiger partial charge in [-0.2, -0.15) is 0 Å². The van der Waals surface area contributed by atoms with Gasteiger partial charge in [-0.25, -0.2) is 29.9 Å². The Kier molecular flexibility index (Phi) is 19.3. The van der Waals surface area contributed by atoms with Gasteiger partial charge < -0.3 is 9.13 Å². The summed E-state index contributed by atoms with van der Waals surface area (Å²) in [6, 6.07) is 166. The molecule has 9 heterocycles. The normalized spacial score (nSPS) is 11.8.